The van der Waals surface area contributed by atoms with Gasteiger partial charge in [-0.15, -0.1) is 0 Å². The number of benzene rings is 4. The van der Waals surface area contributed by atoms with Crippen LogP contribution >= 0.6 is 0 Å². The van der Waals surface area contributed by atoms with Crippen LogP contribution < -0.4 is 9.80 Å². The molecular weight excluding hydrogens is 1260 g/mol. The van der Waals surface area contributed by atoms with Gasteiger partial charge in [0.25, 0.3) is 11.8 Å². The minimum Gasteiger partial charge on any atom is -0.370 e. The van der Waals surface area contributed by atoms with Crippen LogP contribution in [-0.4, -0.2) is 105 Å². The lowest BCUT2D eigenvalue weighted by Gasteiger charge is -2.36. The van der Waals surface area contributed by atoms with Gasteiger partial charge in [-0.3, -0.25) is 19.3 Å². The van der Waals surface area contributed by atoms with Gasteiger partial charge in [-0.05, 0) is 123 Å². The third kappa shape index (κ3) is 13.6. The molecule has 2 unspecified atom stereocenters. The first-order valence-electron chi connectivity index (χ1n) is 31.7. The Morgan fingerprint density at radius 1 is 0.436 bits per heavy atom. The summed E-state index contributed by atoms with van der Waals surface area (Å²) in [4.78, 5) is 14.3. The molecule has 0 amide bonds. The van der Waals surface area contributed by atoms with Crippen LogP contribution in [0, 0.1) is 39.5 Å². The van der Waals surface area contributed by atoms with Crippen LogP contribution in [0.3, 0.4) is 0 Å². The van der Waals surface area contributed by atoms with E-state index >= 15 is 0 Å². The normalized spacial score (nSPS) is 18.6. The molecule has 2 aliphatic carbocycles. The molecule has 14 rings (SSSR count). The maximum atomic E-state index is 14.5. The Bertz CT molecular complexity index is 4110. The molecule has 94 heavy (non-hydrogen) atoms. The van der Waals surface area contributed by atoms with E-state index in [1.807, 2.05) is 111 Å². The molecule has 2 atom stereocenters. The predicted molar refractivity (Wildman–Crippen MR) is 351 cm³/mol. The average Bonchev–Trinajstić information content (AvgIpc) is 1.56. The summed E-state index contributed by atoms with van der Waals surface area (Å²) < 4.78 is 156. The van der Waals surface area contributed by atoms with Crippen molar-refractivity contribution in [3.05, 3.63) is 155 Å². The zero-order valence-corrected chi connectivity index (χ0v) is 54.7. The van der Waals surface area contributed by atoms with Gasteiger partial charge in [0.05, 0.1) is 69.0 Å². The quantitative estimate of drug-likeness (QED) is 0.121. The van der Waals surface area contributed by atoms with E-state index in [1.54, 1.807) is 0 Å². The van der Waals surface area contributed by atoms with Gasteiger partial charge >= 0.3 is 23.1 Å². The molecule has 0 bridgehead atoms. The Hall–Kier alpha value is -8.12. The first-order valence-corrected chi connectivity index (χ1v) is 33.0. The van der Waals surface area contributed by atoms with Crippen LogP contribution in [-0.2, 0) is 37.2 Å². The third-order valence-corrected chi connectivity index (χ3v) is 19.6. The number of piperidine rings is 2. The van der Waals surface area contributed by atoms with E-state index < -0.39 is 46.8 Å². The van der Waals surface area contributed by atoms with Gasteiger partial charge in [0.1, 0.15) is 0 Å². The maximum Gasteiger partial charge on any atom is 0.335 e. The Labute approximate surface area is 546 Å². The topological polar surface area (TPSA) is 146 Å². The zero-order valence-electron chi connectivity index (χ0n) is 53.1. The second-order valence-corrected chi connectivity index (χ2v) is 26.0. The number of nitrogens with zero attached hydrogens (tertiary/aromatic N) is 10. The SMILES string of the molecule is Cc1cnn(C)c1-c1cnc2c3c(N4CCC(F)(F)CC4)ccc(C)c3n(C(c3ccccc3)C3CCC(F)(F)CC3)c2c1.Cc1cnn(C)c1-c1cnc2c3c(N4CCC(F)(F)CC4)ccc(C)c3n(C(c3ccccc3)C3CCC(F)(F)CC3)c2c1.O=S=O.O=S=O. The average molecular weight is 1340 g/mol. The number of aromatic nitrogens is 8. The van der Waals surface area contributed by atoms with Crippen molar-refractivity contribution < 1.29 is 52.0 Å². The molecule has 14 nitrogen and oxygen atoms in total. The first kappa shape index (κ1) is 67.3. The molecule has 8 heterocycles. The van der Waals surface area contributed by atoms with Gasteiger partial charge in [-0.2, -0.15) is 27.0 Å². The van der Waals surface area contributed by atoms with Crippen molar-refractivity contribution in [1.29, 1.82) is 0 Å². The van der Waals surface area contributed by atoms with Crippen LogP contribution in [0.15, 0.2) is 122 Å². The van der Waals surface area contributed by atoms with Crippen molar-refractivity contribution in [2.24, 2.45) is 25.9 Å². The summed E-state index contributed by atoms with van der Waals surface area (Å²) in [6.45, 7) is 9.18. The Balaban J connectivity index is 0.000000177. The predicted octanol–water partition coefficient (Wildman–Crippen LogP) is 16.4. The lowest BCUT2D eigenvalue weighted by Crippen LogP contribution is -2.39. The molecule has 4 fully saturated rings. The highest BCUT2D eigenvalue weighted by Crippen LogP contribution is 2.51. The number of rotatable bonds is 10. The Morgan fingerprint density at radius 3 is 1.06 bits per heavy atom. The lowest BCUT2D eigenvalue weighted by atomic mass is 9.79. The second kappa shape index (κ2) is 27.3. The van der Waals surface area contributed by atoms with Crippen LogP contribution in [0.4, 0.5) is 46.5 Å². The molecular formula is C70H74F8N10O4S2. The van der Waals surface area contributed by atoms with Crippen molar-refractivity contribution in [1.82, 2.24) is 38.7 Å². The van der Waals surface area contributed by atoms with Crippen LogP contribution in [0.2, 0.25) is 0 Å². The van der Waals surface area contributed by atoms with Crippen molar-refractivity contribution in [3.63, 3.8) is 0 Å². The smallest absolute Gasteiger partial charge is 0.335 e. The fourth-order valence-corrected chi connectivity index (χ4v) is 15.1. The van der Waals surface area contributed by atoms with E-state index in [4.69, 9.17) is 26.8 Å². The molecule has 10 aromatic rings. The van der Waals surface area contributed by atoms with E-state index in [0.717, 1.165) is 111 Å². The highest BCUT2D eigenvalue weighted by molar-refractivity contribution is 7.52. The summed E-state index contributed by atoms with van der Waals surface area (Å²) in [6.07, 6.45) is 7.69. The largest absolute Gasteiger partial charge is 0.370 e. The molecule has 6 aromatic heterocycles. The number of pyridine rings is 2. The molecule has 0 spiro atoms. The Morgan fingerprint density at radius 2 is 0.755 bits per heavy atom. The van der Waals surface area contributed by atoms with E-state index in [9.17, 15) is 35.1 Å². The first-order chi connectivity index (χ1) is 44.9. The Kier molecular flexibility index (Phi) is 19.6. The van der Waals surface area contributed by atoms with Gasteiger partial charge in [0, 0.05) is 137 Å². The maximum absolute atomic E-state index is 14.5. The molecule has 0 N–H and O–H groups in total. The van der Waals surface area contributed by atoms with Gasteiger partial charge in [-0.1, -0.05) is 72.8 Å². The summed E-state index contributed by atoms with van der Waals surface area (Å²) >= 11 is -1.50. The summed E-state index contributed by atoms with van der Waals surface area (Å²) in [5.74, 6) is -10.7. The van der Waals surface area contributed by atoms with E-state index in [0.29, 0.717) is 25.7 Å². The molecule has 496 valence electrons. The minimum atomic E-state index is -2.66. The number of aryl methyl sites for hydroxylation is 6. The molecule has 0 radical (unpaired) electrons. The van der Waals surface area contributed by atoms with Crippen LogP contribution in [0.5, 0.6) is 0 Å². The number of hydrogen-bond donors (Lipinski definition) is 0. The van der Waals surface area contributed by atoms with E-state index in [2.05, 4.69) is 91.5 Å². The standard InChI is InChI=1S/2C35H37F4N5.2O2S/c2*1-22-9-10-27(43-17-15-35(38,39)16-18-43)29-30-28(19-26(21-40-30)31-23(2)20-41-42(31)3)44(32(22)29)33(24-7-5-4-6-8-24)25-11-13-34(36,37)14-12-25;2*1-3-2/h2*4-10,19-21,25,33H,11-18H2,1-3H3;;. The molecule has 2 saturated heterocycles. The third-order valence-electron chi connectivity index (χ3n) is 19.6. The fraction of sp³-hybridized carbons (Fsp3) is 0.429. The van der Waals surface area contributed by atoms with Crippen LogP contribution in [0.1, 0.15) is 123 Å². The van der Waals surface area contributed by atoms with Gasteiger partial charge in [0.2, 0.25) is 11.8 Å². The van der Waals surface area contributed by atoms with Crippen LogP contribution in [0.25, 0.3) is 66.4 Å². The highest BCUT2D eigenvalue weighted by atomic mass is 32.1. The molecule has 24 heteroatoms. The fourth-order valence-electron chi connectivity index (χ4n) is 15.1. The second-order valence-electron chi connectivity index (χ2n) is 25.7. The van der Waals surface area contributed by atoms with Crippen molar-refractivity contribution in [2.75, 3.05) is 36.0 Å². The molecule has 2 aliphatic heterocycles. The minimum absolute atomic E-state index is 0.0188. The number of alkyl halides is 8. The summed E-state index contributed by atoms with van der Waals surface area (Å²) in [5, 5.41) is 10.8. The van der Waals surface area contributed by atoms with Crippen molar-refractivity contribution in [3.8, 4) is 22.5 Å². The molecule has 4 aromatic carbocycles. The summed E-state index contributed by atoms with van der Waals surface area (Å²) in [5.41, 5.74) is 17.1. The summed E-state index contributed by atoms with van der Waals surface area (Å²) in [7, 11) is 3.82. The number of halogens is 8. The van der Waals surface area contributed by atoms with Gasteiger partial charge in [0.15, 0.2) is 0 Å². The van der Waals surface area contributed by atoms with Gasteiger partial charge in [-0.25, -0.2) is 35.1 Å². The zero-order chi connectivity index (χ0) is 67.0. The van der Waals surface area contributed by atoms with Gasteiger partial charge < -0.3 is 18.9 Å². The molecule has 4 aliphatic rings. The monoisotopic (exact) mass is 1330 g/mol. The summed E-state index contributed by atoms with van der Waals surface area (Å²) in [6, 6.07) is 32.4. The highest BCUT2D eigenvalue weighted by Gasteiger charge is 2.43. The number of hydrogen-bond acceptors (Lipinski definition) is 10. The lowest BCUT2D eigenvalue weighted by molar-refractivity contribution is -0.0498. The van der Waals surface area contributed by atoms with E-state index in [-0.39, 0.29) is 101 Å². The number of anilines is 2. The number of fused-ring (bicyclic) bond motifs is 6. The van der Waals surface area contributed by atoms with E-state index in [1.165, 1.54) is 0 Å². The van der Waals surface area contributed by atoms with Crippen molar-refractivity contribution in [2.45, 2.75) is 141 Å². The van der Waals surface area contributed by atoms with Crippen molar-refractivity contribution >= 4 is 78.4 Å². The molecule has 2 saturated carbocycles.